The van der Waals surface area contributed by atoms with E-state index >= 15 is 0 Å². The number of carbonyl (C=O) groups is 1. The predicted octanol–water partition coefficient (Wildman–Crippen LogP) is 0.248. The third kappa shape index (κ3) is 1.88. The minimum absolute atomic E-state index is 0.00944. The van der Waals surface area contributed by atoms with Gasteiger partial charge in [0.1, 0.15) is 12.4 Å². The lowest BCUT2D eigenvalue weighted by Gasteiger charge is -2.08. The van der Waals surface area contributed by atoms with Crippen molar-refractivity contribution in [3.63, 3.8) is 0 Å². The van der Waals surface area contributed by atoms with Gasteiger partial charge < -0.3 is 15.3 Å². The molecule has 0 saturated carbocycles. The summed E-state index contributed by atoms with van der Waals surface area (Å²) >= 11 is 0. The maximum Gasteiger partial charge on any atom is 0.149 e. The molecule has 0 aliphatic carbocycles. The summed E-state index contributed by atoms with van der Waals surface area (Å²) in [5.41, 5.74) is 6.34. The van der Waals surface area contributed by atoms with Crippen LogP contribution in [0.3, 0.4) is 0 Å². The highest BCUT2D eigenvalue weighted by molar-refractivity contribution is 5.58. The van der Waals surface area contributed by atoms with E-state index in [0.29, 0.717) is 13.0 Å². The molecule has 1 heterocycles. The van der Waals surface area contributed by atoms with Crippen molar-refractivity contribution in [3.05, 3.63) is 12.2 Å². The number of ether oxygens (including phenoxy) is 1. The molecule has 0 aromatic carbocycles. The molecule has 0 unspecified atom stereocenters. The van der Waals surface area contributed by atoms with Gasteiger partial charge in [0.2, 0.25) is 0 Å². The van der Waals surface area contributed by atoms with Crippen LogP contribution < -0.4 is 5.73 Å². The molecule has 62 valence electrons. The van der Waals surface area contributed by atoms with Gasteiger partial charge in [-0.1, -0.05) is 6.58 Å². The first kappa shape index (κ1) is 8.43. The second-order valence-corrected chi connectivity index (χ2v) is 2.74. The lowest BCUT2D eigenvalue weighted by molar-refractivity contribution is -0.117. The van der Waals surface area contributed by atoms with Crippen LogP contribution in [0.25, 0.3) is 0 Å². The zero-order chi connectivity index (χ0) is 8.27. The summed E-state index contributed by atoms with van der Waals surface area (Å²) in [6.07, 6.45) is 1.98. The molecule has 1 saturated heterocycles. The van der Waals surface area contributed by atoms with Crippen LogP contribution in [0.15, 0.2) is 12.2 Å². The lowest BCUT2D eigenvalue weighted by Crippen LogP contribution is -2.16. The summed E-state index contributed by atoms with van der Waals surface area (Å²) in [5, 5.41) is 0. The van der Waals surface area contributed by atoms with Gasteiger partial charge in [0, 0.05) is 6.42 Å². The second kappa shape index (κ2) is 3.64. The molecule has 0 aromatic heterocycles. The fourth-order valence-corrected chi connectivity index (χ4v) is 1.25. The third-order valence-electron chi connectivity index (χ3n) is 1.84. The molecule has 3 heteroatoms. The average molecular weight is 155 g/mol. The van der Waals surface area contributed by atoms with Crippen LogP contribution in [0.1, 0.15) is 12.8 Å². The van der Waals surface area contributed by atoms with Gasteiger partial charge >= 0.3 is 0 Å². The van der Waals surface area contributed by atoms with Crippen molar-refractivity contribution < 1.29 is 9.53 Å². The van der Waals surface area contributed by atoms with Crippen molar-refractivity contribution in [1.29, 1.82) is 0 Å². The summed E-state index contributed by atoms with van der Waals surface area (Å²) in [5.74, 6) is 0. The van der Waals surface area contributed by atoms with Crippen LogP contribution in [-0.2, 0) is 9.53 Å². The summed E-state index contributed by atoms with van der Waals surface area (Å²) < 4.78 is 5.32. The molecule has 2 N–H and O–H groups in total. The molecule has 0 radical (unpaired) electrons. The number of hydrogen-bond donors (Lipinski definition) is 1. The lowest BCUT2D eigenvalue weighted by atomic mass is 10.1. The summed E-state index contributed by atoms with van der Waals surface area (Å²) in [4.78, 5) is 10.3. The Hall–Kier alpha value is -0.670. The molecule has 1 aliphatic rings. The fourth-order valence-electron chi connectivity index (χ4n) is 1.25. The van der Waals surface area contributed by atoms with Crippen molar-refractivity contribution in [2.24, 2.45) is 5.73 Å². The fraction of sp³-hybridized carbons (Fsp3) is 0.625. The minimum Gasteiger partial charge on any atom is -0.363 e. The van der Waals surface area contributed by atoms with Crippen molar-refractivity contribution in [3.8, 4) is 0 Å². The molecule has 1 fully saturated rings. The molecule has 0 spiro atoms. The zero-order valence-corrected chi connectivity index (χ0v) is 6.45. The molecule has 0 amide bonds. The first-order valence-corrected chi connectivity index (χ1v) is 3.76. The van der Waals surface area contributed by atoms with Gasteiger partial charge in [0.25, 0.3) is 0 Å². The molecular formula is C8H13NO2. The normalized spacial score (nSPS) is 30.8. The molecule has 2 atom stereocenters. The Morgan fingerprint density at radius 3 is 3.00 bits per heavy atom. The smallest absolute Gasteiger partial charge is 0.149 e. The van der Waals surface area contributed by atoms with E-state index in [4.69, 9.17) is 10.5 Å². The van der Waals surface area contributed by atoms with Gasteiger partial charge in [0.05, 0.1) is 6.10 Å². The Kier molecular flexibility index (Phi) is 2.79. The molecule has 3 nitrogen and oxygen atoms in total. The predicted molar refractivity (Wildman–Crippen MR) is 42.2 cm³/mol. The van der Waals surface area contributed by atoms with Crippen LogP contribution in [0.5, 0.6) is 0 Å². The zero-order valence-electron chi connectivity index (χ0n) is 6.45. The van der Waals surface area contributed by atoms with E-state index in [1.807, 2.05) is 0 Å². The van der Waals surface area contributed by atoms with Crippen molar-refractivity contribution in [2.75, 3.05) is 6.54 Å². The number of aldehydes is 1. The maximum atomic E-state index is 10.3. The van der Waals surface area contributed by atoms with Crippen molar-refractivity contribution in [2.45, 2.75) is 25.0 Å². The van der Waals surface area contributed by atoms with Crippen molar-refractivity contribution >= 4 is 6.29 Å². The highest BCUT2D eigenvalue weighted by atomic mass is 16.5. The number of rotatable bonds is 3. The van der Waals surface area contributed by atoms with Crippen LogP contribution >= 0.6 is 0 Å². The van der Waals surface area contributed by atoms with Crippen LogP contribution in [0.4, 0.5) is 0 Å². The van der Waals surface area contributed by atoms with Gasteiger partial charge in [0.15, 0.2) is 0 Å². The number of carbonyl (C=O) groups excluding carboxylic acids is 1. The number of hydrogen-bond acceptors (Lipinski definition) is 3. The van der Waals surface area contributed by atoms with Crippen LogP contribution in [0.2, 0.25) is 0 Å². The Bertz CT molecular complexity index is 167. The van der Waals surface area contributed by atoms with E-state index < -0.39 is 0 Å². The van der Waals surface area contributed by atoms with Crippen molar-refractivity contribution in [1.82, 2.24) is 0 Å². The highest BCUT2D eigenvalue weighted by Crippen LogP contribution is 2.24. The second-order valence-electron chi connectivity index (χ2n) is 2.74. The quantitative estimate of drug-likeness (QED) is 0.469. The highest BCUT2D eigenvalue weighted by Gasteiger charge is 2.27. The van der Waals surface area contributed by atoms with Gasteiger partial charge in [-0.25, -0.2) is 0 Å². The molecule has 0 aromatic rings. The van der Waals surface area contributed by atoms with Gasteiger partial charge in [-0.05, 0) is 18.5 Å². The first-order chi connectivity index (χ1) is 5.27. The minimum atomic E-state index is -0.279. The molecule has 0 bridgehead atoms. The van der Waals surface area contributed by atoms with Gasteiger partial charge in [-0.15, -0.1) is 0 Å². The van der Waals surface area contributed by atoms with Crippen LogP contribution in [-0.4, -0.2) is 25.0 Å². The molecular weight excluding hydrogens is 142 g/mol. The Morgan fingerprint density at radius 1 is 1.82 bits per heavy atom. The monoisotopic (exact) mass is 155 g/mol. The van der Waals surface area contributed by atoms with Gasteiger partial charge in [-0.3, -0.25) is 0 Å². The topological polar surface area (TPSA) is 52.3 Å². The molecule has 1 rings (SSSR count). The Morgan fingerprint density at radius 2 is 2.55 bits per heavy atom. The largest absolute Gasteiger partial charge is 0.363 e. The van der Waals surface area contributed by atoms with E-state index in [2.05, 4.69) is 6.58 Å². The molecule has 1 aliphatic heterocycles. The third-order valence-corrected chi connectivity index (χ3v) is 1.84. The van der Waals surface area contributed by atoms with E-state index in [-0.39, 0.29) is 12.2 Å². The standard InChI is InChI=1S/C8H13NO2/c1-6-4-7(5-10)11-8(6)2-3-9/h5,7-8H,1-4,9H2/t7-,8+/m1/s1. The van der Waals surface area contributed by atoms with Crippen LogP contribution in [0, 0.1) is 0 Å². The number of nitrogens with two attached hydrogens (primary N) is 1. The summed E-state index contributed by atoms with van der Waals surface area (Å²) in [6.45, 7) is 4.39. The molecule has 11 heavy (non-hydrogen) atoms. The first-order valence-electron chi connectivity index (χ1n) is 3.76. The van der Waals surface area contributed by atoms with E-state index in [1.54, 1.807) is 0 Å². The van der Waals surface area contributed by atoms with E-state index in [0.717, 1.165) is 18.3 Å². The SMILES string of the molecule is C=C1C[C@H](C=O)O[C@H]1CCN. The Balaban J connectivity index is 2.44. The van der Waals surface area contributed by atoms with E-state index in [1.165, 1.54) is 0 Å². The summed E-state index contributed by atoms with van der Waals surface area (Å²) in [7, 11) is 0. The Labute approximate surface area is 66.2 Å². The van der Waals surface area contributed by atoms with Gasteiger partial charge in [-0.2, -0.15) is 0 Å². The summed E-state index contributed by atoms with van der Waals surface area (Å²) in [6, 6.07) is 0. The average Bonchev–Trinajstić information content (AvgIpc) is 2.33. The van der Waals surface area contributed by atoms with E-state index in [9.17, 15) is 4.79 Å². The maximum absolute atomic E-state index is 10.3.